The maximum absolute atomic E-state index is 11.2. The number of rotatable bonds is 15. The van der Waals surface area contributed by atoms with Gasteiger partial charge in [-0.3, -0.25) is 9.59 Å². The van der Waals surface area contributed by atoms with Gasteiger partial charge in [-0.2, -0.15) is 0 Å². The van der Waals surface area contributed by atoms with Gasteiger partial charge in [0.15, 0.2) is 0 Å². The molecule has 0 atom stereocenters. The zero-order chi connectivity index (χ0) is 15.8. The average molecular weight is 303 g/mol. The number of nitrogens with one attached hydrogen (secondary N) is 1. The number of carboxylic acid groups (broad SMARTS) is 1. The third-order valence-electron chi connectivity index (χ3n) is 2.82. The fourth-order valence-corrected chi connectivity index (χ4v) is 1.57. The van der Waals surface area contributed by atoms with Gasteiger partial charge in [-0.05, 0) is 25.7 Å². The van der Waals surface area contributed by atoms with E-state index in [1.54, 1.807) is 0 Å². The lowest BCUT2D eigenvalue weighted by molar-refractivity contribution is -0.138. The van der Waals surface area contributed by atoms with E-state index in [1.807, 2.05) is 0 Å². The molecule has 0 saturated carbocycles. The summed E-state index contributed by atoms with van der Waals surface area (Å²) in [5.41, 5.74) is 0. The molecule has 2 N–H and O–H groups in total. The van der Waals surface area contributed by atoms with Crippen LogP contribution in [-0.4, -0.2) is 50.0 Å². The minimum Gasteiger partial charge on any atom is -0.481 e. The van der Waals surface area contributed by atoms with Crippen molar-refractivity contribution in [2.45, 2.75) is 51.9 Å². The molecule has 0 aliphatic carbocycles. The highest BCUT2D eigenvalue weighted by Crippen LogP contribution is 1.95. The van der Waals surface area contributed by atoms with E-state index in [1.165, 1.54) is 0 Å². The molecule has 124 valence electrons. The van der Waals surface area contributed by atoms with Crippen molar-refractivity contribution in [3.8, 4) is 0 Å². The van der Waals surface area contributed by atoms with E-state index in [9.17, 15) is 9.59 Å². The standard InChI is InChI=1S/C15H29NO5/c1-2-3-10-20-11-4-5-12-21-13-6-9-16-14(17)7-8-15(18)19/h2-13H2,1H3,(H,16,17)(H,18,19). The van der Waals surface area contributed by atoms with Crippen molar-refractivity contribution in [2.24, 2.45) is 0 Å². The Balaban J connectivity index is 3.12. The van der Waals surface area contributed by atoms with Gasteiger partial charge < -0.3 is 19.9 Å². The predicted octanol–water partition coefficient (Wildman–Crippen LogP) is 1.97. The van der Waals surface area contributed by atoms with Crippen LogP contribution in [0.1, 0.15) is 51.9 Å². The van der Waals surface area contributed by atoms with E-state index in [2.05, 4.69) is 12.2 Å². The van der Waals surface area contributed by atoms with Gasteiger partial charge in [-0.25, -0.2) is 0 Å². The van der Waals surface area contributed by atoms with Crippen LogP contribution in [-0.2, 0) is 19.1 Å². The maximum Gasteiger partial charge on any atom is 0.303 e. The van der Waals surface area contributed by atoms with Crippen molar-refractivity contribution in [3.63, 3.8) is 0 Å². The van der Waals surface area contributed by atoms with Crippen molar-refractivity contribution in [1.29, 1.82) is 0 Å². The lowest BCUT2D eigenvalue weighted by Crippen LogP contribution is -2.25. The molecule has 0 aromatic heterocycles. The summed E-state index contributed by atoms with van der Waals surface area (Å²) in [4.78, 5) is 21.5. The van der Waals surface area contributed by atoms with Crippen LogP contribution >= 0.6 is 0 Å². The van der Waals surface area contributed by atoms with Gasteiger partial charge in [0.25, 0.3) is 0 Å². The topological polar surface area (TPSA) is 84.9 Å². The molecular formula is C15H29NO5. The molecule has 0 bridgehead atoms. The number of ether oxygens (including phenoxy) is 2. The highest BCUT2D eigenvalue weighted by Gasteiger charge is 2.03. The van der Waals surface area contributed by atoms with Crippen molar-refractivity contribution in [3.05, 3.63) is 0 Å². The van der Waals surface area contributed by atoms with E-state index in [-0.39, 0.29) is 18.7 Å². The molecule has 1 amide bonds. The molecule has 0 aromatic carbocycles. The molecule has 0 spiro atoms. The number of carbonyl (C=O) groups excluding carboxylic acids is 1. The second-order valence-electron chi connectivity index (χ2n) is 4.88. The number of hydrogen-bond acceptors (Lipinski definition) is 4. The second-order valence-corrected chi connectivity index (χ2v) is 4.88. The van der Waals surface area contributed by atoms with Gasteiger partial charge in [-0.15, -0.1) is 0 Å². The van der Waals surface area contributed by atoms with Crippen LogP contribution < -0.4 is 5.32 Å². The molecule has 0 unspecified atom stereocenters. The molecule has 6 heteroatoms. The summed E-state index contributed by atoms with van der Waals surface area (Å²) < 4.78 is 10.9. The summed E-state index contributed by atoms with van der Waals surface area (Å²) >= 11 is 0. The molecule has 6 nitrogen and oxygen atoms in total. The van der Waals surface area contributed by atoms with Crippen LogP contribution in [0.2, 0.25) is 0 Å². The largest absolute Gasteiger partial charge is 0.481 e. The van der Waals surface area contributed by atoms with Crippen molar-refractivity contribution < 1.29 is 24.2 Å². The predicted molar refractivity (Wildman–Crippen MR) is 80.3 cm³/mol. The fraction of sp³-hybridized carbons (Fsp3) is 0.867. The second kappa shape index (κ2) is 15.3. The van der Waals surface area contributed by atoms with Crippen molar-refractivity contribution >= 4 is 11.9 Å². The van der Waals surface area contributed by atoms with E-state index in [0.29, 0.717) is 19.8 Å². The Labute approximate surface area is 127 Å². The number of carboxylic acids is 1. The highest BCUT2D eigenvalue weighted by molar-refractivity contribution is 5.80. The van der Waals surface area contributed by atoms with Gasteiger partial charge in [0.2, 0.25) is 5.91 Å². The summed E-state index contributed by atoms with van der Waals surface area (Å²) in [6, 6.07) is 0. The Morgan fingerprint density at radius 2 is 1.48 bits per heavy atom. The first-order chi connectivity index (χ1) is 10.2. The smallest absolute Gasteiger partial charge is 0.303 e. The first-order valence-electron chi connectivity index (χ1n) is 7.80. The van der Waals surface area contributed by atoms with Crippen LogP contribution in [0.4, 0.5) is 0 Å². The normalized spacial score (nSPS) is 10.5. The molecule has 0 heterocycles. The summed E-state index contributed by atoms with van der Waals surface area (Å²) in [7, 11) is 0. The molecule has 0 saturated heterocycles. The minimum absolute atomic E-state index is 0.0359. The maximum atomic E-state index is 11.2. The Kier molecular flexibility index (Phi) is 14.4. The highest BCUT2D eigenvalue weighted by atomic mass is 16.5. The van der Waals surface area contributed by atoms with Crippen LogP contribution in [0, 0.1) is 0 Å². The third-order valence-corrected chi connectivity index (χ3v) is 2.82. The van der Waals surface area contributed by atoms with Gasteiger partial charge in [-0.1, -0.05) is 13.3 Å². The van der Waals surface area contributed by atoms with Gasteiger partial charge in [0.05, 0.1) is 6.42 Å². The molecule has 0 aliphatic rings. The molecule has 0 rings (SSSR count). The quantitative estimate of drug-likeness (QED) is 0.452. The Morgan fingerprint density at radius 1 is 0.905 bits per heavy atom. The average Bonchev–Trinajstić information content (AvgIpc) is 2.46. The summed E-state index contributed by atoms with van der Waals surface area (Å²) in [6.45, 7) is 5.63. The number of hydrogen-bond donors (Lipinski definition) is 2. The number of amides is 1. The monoisotopic (exact) mass is 303 g/mol. The van der Waals surface area contributed by atoms with Gasteiger partial charge in [0.1, 0.15) is 0 Å². The number of unbranched alkanes of at least 4 members (excludes halogenated alkanes) is 2. The molecule has 0 fully saturated rings. The molecule has 21 heavy (non-hydrogen) atoms. The third kappa shape index (κ3) is 16.8. The summed E-state index contributed by atoms with van der Waals surface area (Å²) in [6.07, 6.45) is 4.93. The summed E-state index contributed by atoms with van der Waals surface area (Å²) in [5.74, 6) is -1.17. The first-order valence-corrected chi connectivity index (χ1v) is 7.80. The lowest BCUT2D eigenvalue weighted by atomic mass is 10.3. The number of aliphatic carboxylic acids is 1. The zero-order valence-electron chi connectivity index (χ0n) is 13.1. The Hall–Kier alpha value is -1.14. The zero-order valence-corrected chi connectivity index (χ0v) is 13.1. The lowest BCUT2D eigenvalue weighted by Gasteiger charge is -2.06. The van der Waals surface area contributed by atoms with Crippen molar-refractivity contribution in [2.75, 3.05) is 33.0 Å². The van der Waals surface area contributed by atoms with Crippen LogP contribution in [0.15, 0.2) is 0 Å². The van der Waals surface area contributed by atoms with E-state index >= 15 is 0 Å². The van der Waals surface area contributed by atoms with Crippen molar-refractivity contribution in [1.82, 2.24) is 5.32 Å². The van der Waals surface area contributed by atoms with E-state index in [0.717, 1.165) is 45.3 Å². The van der Waals surface area contributed by atoms with Crippen LogP contribution in [0.25, 0.3) is 0 Å². The molecule has 0 radical (unpaired) electrons. The fourth-order valence-electron chi connectivity index (χ4n) is 1.57. The summed E-state index contributed by atoms with van der Waals surface area (Å²) in [5, 5.41) is 11.1. The molecule has 0 aromatic rings. The Bertz CT molecular complexity index is 271. The van der Waals surface area contributed by atoms with Crippen LogP contribution in [0.3, 0.4) is 0 Å². The Morgan fingerprint density at radius 3 is 2.05 bits per heavy atom. The first kappa shape index (κ1) is 19.9. The molecule has 0 aliphatic heterocycles. The SMILES string of the molecule is CCCCOCCCCOCCCNC(=O)CCC(=O)O. The minimum atomic E-state index is -0.952. The van der Waals surface area contributed by atoms with E-state index in [4.69, 9.17) is 14.6 Å². The number of carbonyl (C=O) groups is 2. The van der Waals surface area contributed by atoms with Gasteiger partial charge >= 0.3 is 5.97 Å². The van der Waals surface area contributed by atoms with Gasteiger partial charge in [0, 0.05) is 39.4 Å². The van der Waals surface area contributed by atoms with Crippen LogP contribution in [0.5, 0.6) is 0 Å². The van der Waals surface area contributed by atoms with E-state index < -0.39 is 5.97 Å². The molecular weight excluding hydrogens is 274 g/mol.